The van der Waals surface area contributed by atoms with Gasteiger partial charge in [-0.3, -0.25) is 5.32 Å². The van der Waals surface area contributed by atoms with Crippen LogP contribution in [0.15, 0.2) is 23.6 Å². The predicted octanol–water partition coefficient (Wildman–Crippen LogP) is 2.80. The number of rotatable bonds is 4. The van der Waals surface area contributed by atoms with Crippen molar-refractivity contribution in [3.05, 3.63) is 34.8 Å². The topological polar surface area (TPSA) is 101 Å². The van der Waals surface area contributed by atoms with Gasteiger partial charge in [0.05, 0.1) is 24.1 Å². The number of carboxylic acid groups (broad SMARTS) is 1. The largest absolute Gasteiger partial charge is 0.497 e. The lowest BCUT2D eigenvalue weighted by atomic mass is 10.1. The summed E-state index contributed by atoms with van der Waals surface area (Å²) in [5.74, 6) is -0.696. The van der Waals surface area contributed by atoms with Gasteiger partial charge in [-0.1, -0.05) is 0 Å². The number of nitrogens with zero attached hydrogens (tertiary/aromatic N) is 1. The molecule has 0 fully saturated rings. The molecule has 3 N–H and O–H groups in total. The molecule has 0 saturated carbocycles. The fourth-order valence-corrected chi connectivity index (χ4v) is 2.29. The third-order valence-electron chi connectivity index (χ3n) is 2.54. The van der Waals surface area contributed by atoms with Crippen LogP contribution in [-0.4, -0.2) is 29.2 Å². The van der Waals surface area contributed by atoms with Crippen molar-refractivity contribution in [2.75, 3.05) is 17.7 Å². The maximum atomic E-state index is 11.9. The van der Waals surface area contributed by atoms with Gasteiger partial charge in [0.25, 0.3) is 0 Å². The van der Waals surface area contributed by atoms with Gasteiger partial charge in [-0.15, -0.1) is 11.3 Å². The first kappa shape index (κ1) is 14.8. The van der Waals surface area contributed by atoms with Crippen molar-refractivity contribution < 1.29 is 19.4 Å². The Balaban J connectivity index is 2.17. The van der Waals surface area contributed by atoms with E-state index in [1.165, 1.54) is 36.6 Å². The molecule has 1 aromatic carbocycles. The fraction of sp³-hybridized carbons (Fsp3) is 0.154. The van der Waals surface area contributed by atoms with Crippen LogP contribution in [0.3, 0.4) is 0 Å². The van der Waals surface area contributed by atoms with Crippen molar-refractivity contribution in [1.29, 1.82) is 0 Å². The average Bonchev–Trinajstić information content (AvgIpc) is 2.83. The van der Waals surface area contributed by atoms with Crippen LogP contribution in [0.2, 0.25) is 0 Å². The number of carbonyl (C=O) groups is 2. The molecule has 1 aromatic heterocycles. The van der Waals surface area contributed by atoms with Gasteiger partial charge in [0, 0.05) is 11.4 Å². The van der Waals surface area contributed by atoms with E-state index in [1.807, 2.05) is 6.92 Å². The molecule has 7 nitrogen and oxygen atoms in total. The Hall–Kier alpha value is -2.61. The normalized spacial score (nSPS) is 10.0. The zero-order valence-electron chi connectivity index (χ0n) is 11.3. The van der Waals surface area contributed by atoms with Crippen LogP contribution in [0.4, 0.5) is 15.6 Å². The van der Waals surface area contributed by atoms with E-state index in [9.17, 15) is 9.59 Å². The lowest BCUT2D eigenvalue weighted by Gasteiger charge is -2.10. The molecule has 8 heteroatoms. The predicted molar refractivity (Wildman–Crippen MR) is 79.4 cm³/mol. The molecule has 0 bridgehead atoms. The van der Waals surface area contributed by atoms with Gasteiger partial charge >= 0.3 is 12.0 Å². The Labute approximate surface area is 124 Å². The minimum atomic E-state index is -1.14. The zero-order valence-corrected chi connectivity index (χ0v) is 12.2. The van der Waals surface area contributed by atoms with Gasteiger partial charge in [-0.2, -0.15) is 0 Å². The monoisotopic (exact) mass is 307 g/mol. The van der Waals surface area contributed by atoms with Gasteiger partial charge in [-0.05, 0) is 19.1 Å². The summed E-state index contributed by atoms with van der Waals surface area (Å²) in [6.45, 7) is 1.81. The molecule has 0 atom stereocenters. The van der Waals surface area contributed by atoms with Crippen LogP contribution < -0.4 is 15.4 Å². The molecule has 0 aliphatic heterocycles. The third kappa shape index (κ3) is 3.69. The van der Waals surface area contributed by atoms with E-state index in [0.29, 0.717) is 10.9 Å². The van der Waals surface area contributed by atoms with Crippen LogP contribution in [0.1, 0.15) is 16.1 Å². The van der Waals surface area contributed by atoms with E-state index in [4.69, 9.17) is 9.84 Å². The number of aryl methyl sites for hydroxylation is 1. The number of carbonyl (C=O) groups excluding carboxylic acids is 1. The molecule has 0 radical (unpaired) electrons. The maximum absolute atomic E-state index is 11.9. The summed E-state index contributed by atoms with van der Waals surface area (Å²) in [4.78, 5) is 27.1. The summed E-state index contributed by atoms with van der Waals surface area (Å²) in [5.41, 5.74) is 0.914. The Morgan fingerprint density at radius 3 is 2.67 bits per heavy atom. The van der Waals surface area contributed by atoms with E-state index in [0.717, 1.165) is 5.69 Å². The highest BCUT2D eigenvalue weighted by molar-refractivity contribution is 7.13. The molecule has 21 heavy (non-hydrogen) atoms. The van der Waals surface area contributed by atoms with E-state index >= 15 is 0 Å². The highest BCUT2D eigenvalue weighted by atomic mass is 32.1. The highest BCUT2D eigenvalue weighted by Gasteiger charge is 2.14. The Morgan fingerprint density at radius 1 is 1.33 bits per heavy atom. The van der Waals surface area contributed by atoms with E-state index in [2.05, 4.69) is 15.6 Å². The van der Waals surface area contributed by atoms with Crippen LogP contribution >= 0.6 is 11.3 Å². The summed E-state index contributed by atoms with van der Waals surface area (Å²) in [6.07, 6.45) is 0. The molecular weight excluding hydrogens is 294 g/mol. The second-order valence-electron chi connectivity index (χ2n) is 4.09. The van der Waals surface area contributed by atoms with Crippen molar-refractivity contribution in [1.82, 2.24) is 4.98 Å². The molecule has 1 heterocycles. The number of methoxy groups -OCH3 is 1. The number of urea groups is 1. The summed E-state index contributed by atoms with van der Waals surface area (Å²) >= 11 is 1.28. The molecule has 0 saturated heterocycles. The number of aromatic carboxylic acids is 1. The summed E-state index contributed by atoms with van der Waals surface area (Å²) in [5, 5.41) is 16.4. The van der Waals surface area contributed by atoms with Gasteiger partial charge in [0.1, 0.15) is 5.75 Å². The Kier molecular flexibility index (Phi) is 4.39. The standard InChI is InChI=1S/C13H13N3O4S/c1-7-6-21-13(14-7)16-12(19)15-10-5-8(20-2)3-4-9(10)11(17)18/h3-6H,1-2H3,(H,17,18)(H2,14,15,16,19). The lowest BCUT2D eigenvalue weighted by molar-refractivity contribution is 0.0698. The number of hydrogen-bond acceptors (Lipinski definition) is 5. The zero-order chi connectivity index (χ0) is 15.4. The Bertz CT molecular complexity index is 684. The van der Waals surface area contributed by atoms with E-state index in [1.54, 1.807) is 5.38 Å². The second kappa shape index (κ2) is 6.23. The Morgan fingerprint density at radius 2 is 2.10 bits per heavy atom. The van der Waals surface area contributed by atoms with E-state index in [-0.39, 0.29) is 11.3 Å². The van der Waals surface area contributed by atoms with E-state index < -0.39 is 12.0 Å². The van der Waals surface area contributed by atoms with Gasteiger partial charge in [0.15, 0.2) is 5.13 Å². The van der Waals surface area contributed by atoms with Crippen LogP contribution in [0.5, 0.6) is 5.75 Å². The summed E-state index contributed by atoms with van der Waals surface area (Å²) in [7, 11) is 1.46. The van der Waals surface area contributed by atoms with Crippen LogP contribution in [-0.2, 0) is 0 Å². The number of ether oxygens (including phenoxy) is 1. The quantitative estimate of drug-likeness (QED) is 0.806. The third-order valence-corrected chi connectivity index (χ3v) is 3.42. The van der Waals surface area contributed by atoms with Gasteiger partial charge < -0.3 is 15.2 Å². The van der Waals surface area contributed by atoms with Crippen molar-refractivity contribution >= 4 is 34.2 Å². The van der Waals surface area contributed by atoms with Crippen molar-refractivity contribution in [3.63, 3.8) is 0 Å². The van der Waals surface area contributed by atoms with Gasteiger partial charge in [-0.25, -0.2) is 14.6 Å². The van der Waals surface area contributed by atoms with Crippen molar-refractivity contribution in [2.45, 2.75) is 6.92 Å². The number of nitrogens with one attached hydrogen (secondary N) is 2. The number of amides is 2. The molecule has 2 amide bonds. The lowest BCUT2D eigenvalue weighted by Crippen LogP contribution is -2.21. The molecular formula is C13H13N3O4S. The van der Waals surface area contributed by atoms with Crippen molar-refractivity contribution in [2.24, 2.45) is 0 Å². The smallest absolute Gasteiger partial charge is 0.337 e. The first-order valence-electron chi connectivity index (χ1n) is 5.91. The molecule has 2 aromatic rings. The first-order valence-corrected chi connectivity index (χ1v) is 6.79. The number of carboxylic acids is 1. The molecule has 2 rings (SSSR count). The minimum Gasteiger partial charge on any atom is -0.497 e. The highest BCUT2D eigenvalue weighted by Crippen LogP contribution is 2.23. The number of thiazole rings is 1. The molecule has 0 aliphatic rings. The number of aromatic nitrogens is 1. The molecule has 0 spiro atoms. The molecule has 0 unspecified atom stereocenters. The number of hydrogen-bond donors (Lipinski definition) is 3. The average molecular weight is 307 g/mol. The van der Waals surface area contributed by atoms with Crippen molar-refractivity contribution in [3.8, 4) is 5.75 Å². The molecule has 110 valence electrons. The number of benzene rings is 1. The van der Waals surface area contributed by atoms with Gasteiger partial charge in [0.2, 0.25) is 0 Å². The van der Waals surface area contributed by atoms with Crippen LogP contribution in [0.25, 0.3) is 0 Å². The molecule has 0 aliphatic carbocycles. The first-order chi connectivity index (χ1) is 9.99. The fourth-order valence-electron chi connectivity index (χ4n) is 1.60. The van der Waals surface area contributed by atoms with Crippen LogP contribution in [0, 0.1) is 6.92 Å². The SMILES string of the molecule is COc1ccc(C(=O)O)c(NC(=O)Nc2nc(C)cs2)c1. The second-order valence-corrected chi connectivity index (χ2v) is 4.95. The maximum Gasteiger partial charge on any atom is 0.337 e. The summed E-state index contributed by atoms with van der Waals surface area (Å²) < 4.78 is 5.02. The summed E-state index contributed by atoms with van der Waals surface area (Å²) in [6, 6.07) is 3.75. The number of anilines is 2. The minimum absolute atomic E-state index is 0.0266.